The highest BCUT2D eigenvalue weighted by Gasteiger charge is 2.31. The third kappa shape index (κ3) is 2.97. The zero-order chi connectivity index (χ0) is 17.5. The number of halogens is 4. The van der Waals surface area contributed by atoms with Gasteiger partial charge < -0.3 is 9.88 Å². The molecule has 0 saturated heterocycles. The van der Waals surface area contributed by atoms with Gasteiger partial charge in [-0.2, -0.15) is 13.2 Å². The Labute approximate surface area is 140 Å². The largest absolute Gasteiger partial charge is 0.416 e. The van der Waals surface area contributed by atoms with E-state index in [2.05, 4.69) is 5.32 Å². The van der Waals surface area contributed by atoms with Crippen LogP contribution in [0.25, 0.3) is 10.9 Å². The predicted octanol–water partition coefficient (Wildman–Crippen LogP) is 5.10. The van der Waals surface area contributed by atoms with Crippen LogP contribution in [0.3, 0.4) is 0 Å². The van der Waals surface area contributed by atoms with Crippen molar-refractivity contribution in [2.24, 2.45) is 7.05 Å². The number of carbonyl (C=O) groups is 1. The summed E-state index contributed by atoms with van der Waals surface area (Å²) in [6, 6.07) is 9.76. The molecule has 0 saturated carbocycles. The molecule has 1 amide bonds. The van der Waals surface area contributed by atoms with E-state index >= 15 is 0 Å². The first-order valence-corrected chi connectivity index (χ1v) is 7.37. The number of hydrogen-bond acceptors (Lipinski definition) is 1. The number of aryl methyl sites for hydroxylation is 1. The molecule has 3 rings (SSSR count). The van der Waals surface area contributed by atoms with E-state index < -0.39 is 17.6 Å². The fourth-order valence-electron chi connectivity index (χ4n) is 2.49. The second kappa shape index (κ2) is 5.87. The molecule has 0 spiro atoms. The number of hydrogen-bond donors (Lipinski definition) is 1. The minimum atomic E-state index is -4.51. The Balaban J connectivity index is 1.97. The molecular formula is C17H12ClF3N2O. The number of amides is 1. The van der Waals surface area contributed by atoms with Gasteiger partial charge in [-0.15, -0.1) is 0 Å². The maximum absolute atomic E-state index is 12.8. The van der Waals surface area contributed by atoms with E-state index in [4.69, 9.17) is 11.6 Å². The summed E-state index contributed by atoms with van der Waals surface area (Å²) in [4.78, 5) is 12.5. The van der Waals surface area contributed by atoms with Crippen LogP contribution in [-0.2, 0) is 13.2 Å². The molecular weight excluding hydrogens is 341 g/mol. The Kier molecular flexibility index (Phi) is 4.01. The van der Waals surface area contributed by atoms with E-state index in [9.17, 15) is 18.0 Å². The van der Waals surface area contributed by atoms with Crippen molar-refractivity contribution < 1.29 is 18.0 Å². The zero-order valence-corrected chi connectivity index (χ0v) is 13.2. The average Bonchev–Trinajstić information content (AvgIpc) is 2.90. The van der Waals surface area contributed by atoms with Gasteiger partial charge in [0.05, 0.1) is 16.3 Å². The fourth-order valence-corrected chi connectivity index (χ4v) is 2.65. The van der Waals surface area contributed by atoms with Crippen LogP contribution in [0.15, 0.2) is 48.7 Å². The van der Waals surface area contributed by atoms with Crippen LogP contribution in [0.2, 0.25) is 5.02 Å². The fraction of sp³-hybridized carbons (Fsp3) is 0.118. The van der Waals surface area contributed by atoms with E-state index in [-0.39, 0.29) is 10.7 Å². The SMILES string of the molecule is Cn1ccc2c(C(=O)Nc3cc(C(F)(F)F)ccc3Cl)cccc21. The third-order valence-corrected chi connectivity index (χ3v) is 4.04. The lowest BCUT2D eigenvalue weighted by atomic mass is 10.1. The van der Waals surface area contributed by atoms with E-state index in [1.807, 2.05) is 17.7 Å². The minimum Gasteiger partial charge on any atom is -0.351 e. The van der Waals surface area contributed by atoms with Gasteiger partial charge in [-0.25, -0.2) is 0 Å². The maximum Gasteiger partial charge on any atom is 0.416 e. The van der Waals surface area contributed by atoms with Gasteiger partial charge in [0.15, 0.2) is 0 Å². The molecule has 1 aromatic heterocycles. The van der Waals surface area contributed by atoms with Crippen molar-refractivity contribution in [3.8, 4) is 0 Å². The molecule has 0 aliphatic rings. The smallest absolute Gasteiger partial charge is 0.351 e. The highest BCUT2D eigenvalue weighted by Crippen LogP contribution is 2.34. The molecule has 124 valence electrons. The number of aromatic nitrogens is 1. The van der Waals surface area contributed by atoms with Crippen LogP contribution in [0, 0.1) is 0 Å². The summed E-state index contributed by atoms with van der Waals surface area (Å²) in [6.07, 6.45) is -2.71. The van der Waals surface area contributed by atoms with E-state index in [0.29, 0.717) is 10.9 Å². The molecule has 0 fully saturated rings. The monoisotopic (exact) mass is 352 g/mol. The molecule has 1 heterocycles. The van der Waals surface area contributed by atoms with Crippen LogP contribution in [0.1, 0.15) is 15.9 Å². The molecule has 7 heteroatoms. The van der Waals surface area contributed by atoms with Crippen molar-refractivity contribution in [2.75, 3.05) is 5.32 Å². The first-order valence-electron chi connectivity index (χ1n) is 6.99. The second-order valence-electron chi connectivity index (χ2n) is 5.31. The first-order chi connectivity index (χ1) is 11.3. The molecule has 0 radical (unpaired) electrons. The summed E-state index contributed by atoms with van der Waals surface area (Å²) >= 11 is 5.91. The van der Waals surface area contributed by atoms with Crippen LogP contribution in [0.4, 0.5) is 18.9 Å². The molecule has 24 heavy (non-hydrogen) atoms. The normalized spacial score (nSPS) is 11.7. The Morgan fingerprint density at radius 1 is 1.17 bits per heavy atom. The van der Waals surface area contributed by atoms with Crippen molar-refractivity contribution in [1.29, 1.82) is 0 Å². The summed E-state index contributed by atoms with van der Waals surface area (Å²) in [7, 11) is 1.84. The summed E-state index contributed by atoms with van der Waals surface area (Å²) in [5.41, 5.74) is 0.254. The number of carbonyl (C=O) groups excluding carboxylic acids is 1. The van der Waals surface area contributed by atoms with Crippen molar-refractivity contribution in [2.45, 2.75) is 6.18 Å². The summed E-state index contributed by atoms with van der Waals surface area (Å²) < 4.78 is 40.3. The van der Waals surface area contributed by atoms with Gasteiger partial charge in [0.2, 0.25) is 0 Å². The molecule has 0 aliphatic carbocycles. The molecule has 0 unspecified atom stereocenters. The Hall–Kier alpha value is -2.47. The second-order valence-corrected chi connectivity index (χ2v) is 5.72. The van der Waals surface area contributed by atoms with Crippen molar-refractivity contribution in [3.63, 3.8) is 0 Å². The number of nitrogens with one attached hydrogen (secondary N) is 1. The quantitative estimate of drug-likeness (QED) is 0.683. The van der Waals surface area contributed by atoms with Gasteiger partial charge in [-0.3, -0.25) is 4.79 Å². The van der Waals surface area contributed by atoms with Gasteiger partial charge >= 0.3 is 6.18 Å². The lowest BCUT2D eigenvalue weighted by Crippen LogP contribution is -2.14. The van der Waals surface area contributed by atoms with Crippen LogP contribution in [0.5, 0.6) is 0 Å². The lowest BCUT2D eigenvalue weighted by molar-refractivity contribution is -0.137. The third-order valence-electron chi connectivity index (χ3n) is 3.71. The molecule has 1 N–H and O–H groups in total. The molecule has 3 nitrogen and oxygen atoms in total. The van der Waals surface area contributed by atoms with Crippen molar-refractivity contribution in [1.82, 2.24) is 4.57 Å². The first kappa shape index (κ1) is 16.4. The lowest BCUT2D eigenvalue weighted by Gasteiger charge is -2.12. The van der Waals surface area contributed by atoms with Crippen LogP contribution >= 0.6 is 11.6 Å². The Morgan fingerprint density at radius 3 is 2.62 bits per heavy atom. The van der Waals surface area contributed by atoms with Crippen molar-refractivity contribution >= 4 is 34.1 Å². The Bertz CT molecular complexity index is 931. The van der Waals surface area contributed by atoms with Gasteiger partial charge in [-0.05, 0) is 36.4 Å². The number of alkyl halides is 3. The van der Waals surface area contributed by atoms with Gasteiger partial charge in [0.1, 0.15) is 0 Å². The zero-order valence-electron chi connectivity index (χ0n) is 12.5. The van der Waals surface area contributed by atoms with E-state index in [1.54, 1.807) is 24.4 Å². The average molecular weight is 353 g/mol. The number of nitrogens with zero attached hydrogens (tertiary/aromatic N) is 1. The molecule has 0 aliphatic heterocycles. The van der Waals surface area contributed by atoms with E-state index in [1.165, 1.54) is 0 Å². The van der Waals surface area contributed by atoms with Gasteiger partial charge in [0.25, 0.3) is 5.91 Å². The van der Waals surface area contributed by atoms with Crippen LogP contribution in [-0.4, -0.2) is 10.5 Å². The Morgan fingerprint density at radius 2 is 1.92 bits per heavy atom. The minimum absolute atomic E-state index is 0.0385. The maximum atomic E-state index is 12.8. The predicted molar refractivity (Wildman–Crippen MR) is 87.3 cm³/mol. The van der Waals surface area contributed by atoms with Gasteiger partial charge in [-0.1, -0.05) is 17.7 Å². The molecule has 2 aromatic carbocycles. The van der Waals surface area contributed by atoms with Crippen LogP contribution < -0.4 is 5.32 Å². The molecule has 3 aromatic rings. The van der Waals surface area contributed by atoms with Gasteiger partial charge in [0, 0.05) is 29.7 Å². The van der Waals surface area contributed by atoms with E-state index in [0.717, 1.165) is 23.7 Å². The number of anilines is 1. The summed E-state index contributed by atoms with van der Waals surface area (Å²) in [6.45, 7) is 0. The highest BCUT2D eigenvalue weighted by molar-refractivity contribution is 6.34. The van der Waals surface area contributed by atoms with Crippen molar-refractivity contribution in [3.05, 3.63) is 64.8 Å². The standard InChI is InChI=1S/C17H12ClF3N2O/c1-23-8-7-11-12(3-2-4-15(11)23)16(24)22-14-9-10(17(19,20)21)5-6-13(14)18/h2-9H,1H3,(H,22,24). The number of benzene rings is 2. The molecule has 0 bridgehead atoms. The summed E-state index contributed by atoms with van der Waals surface area (Å²) in [5.74, 6) is -0.520. The topological polar surface area (TPSA) is 34.0 Å². The highest BCUT2D eigenvalue weighted by atomic mass is 35.5. The molecule has 0 atom stereocenters. The number of fused-ring (bicyclic) bond motifs is 1. The number of rotatable bonds is 2. The summed E-state index contributed by atoms with van der Waals surface area (Å²) in [5, 5.41) is 3.21.